The third-order valence-electron chi connectivity index (χ3n) is 1.90. The molecule has 0 unspecified atom stereocenters. The highest BCUT2D eigenvalue weighted by Gasteiger charge is 2.13. The fourth-order valence-electron chi connectivity index (χ4n) is 1.07. The van der Waals surface area contributed by atoms with Crippen molar-refractivity contribution in [2.24, 2.45) is 11.5 Å². The number of benzene rings is 1. The molecule has 0 saturated carbocycles. The predicted molar refractivity (Wildman–Crippen MR) is 49.3 cm³/mol. The first-order chi connectivity index (χ1) is 6.56. The number of rotatable bonds is 3. The quantitative estimate of drug-likeness (QED) is 0.659. The third-order valence-corrected chi connectivity index (χ3v) is 1.90. The van der Waals surface area contributed by atoms with Crippen LogP contribution in [0.15, 0.2) is 18.2 Å². The predicted octanol–water partition coefficient (Wildman–Crippen LogP) is 0.482. The number of hydrogen-bond donors (Lipinski definition) is 3. The van der Waals surface area contributed by atoms with Gasteiger partial charge in [-0.3, -0.25) is 0 Å². The molecule has 0 spiro atoms. The summed E-state index contributed by atoms with van der Waals surface area (Å²) in [5, 5.41) is 8.63. The van der Waals surface area contributed by atoms with Crippen molar-refractivity contribution in [3.05, 3.63) is 35.1 Å². The van der Waals surface area contributed by atoms with Crippen molar-refractivity contribution in [2.75, 3.05) is 6.54 Å². The lowest BCUT2D eigenvalue weighted by molar-refractivity contribution is 0.0691. The Labute approximate surface area is 80.3 Å². The summed E-state index contributed by atoms with van der Waals surface area (Å²) in [7, 11) is 0. The Kier molecular flexibility index (Phi) is 3.16. The van der Waals surface area contributed by atoms with Gasteiger partial charge in [-0.2, -0.15) is 0 Å². The molecule has 0 amide bonds. The fraction of sp³-hybridized carbons (Fsp3) is 0.222. The first-order valence-corrected chi connectivity index (χ1v) is 4.04. The van der Waals surface area contributed by atoms with E-state index in [-0.39, 0.29) is 12.1 Å². The van der Waals surface area contributed by atoms with Crippen molar-refractivity contribution in [2.45, 2.75) is 6.04 Å². The summed E-state index contributed by atoms with van der Waals surface area (Å²) in [6, 6.07) is 3.25. The number of aromatic carboxylic acids is 1. The first-order valence-electron chi connectivity index (χ1n) is 4.04. The first kappa shape index (κ1) is 10.6. The maximum absolute atomic E-state index is 12.9. The van der Waals surface area contributed by atoms with Gasteiger partial charge in [0, 0.05) is 12.6 Å². The van der Waals surface area contributed by atoms with Gasteiger partial charge in [0.25, 0.3) is 0 Å². The molecule has 4 nitrogen and oxygen atoms in total. The van der Waals surface area contributed by atoms with Crippen molar-refractivity contribution in [3.8, 4) is 0 Å². The molecule has 1 rings (SSSR count). The molecule has 0 aromatic heterocycles. The molecular weight excluding hydrogens is 187 g/mol. The SMILES string of the molecule is NC[C@@H](N)c1ccc(F)c(C(=O)O)c1. The molecule has 14 heavy (non-hydrogen) atoms. The number of nitrogens with two attached hydrogens (primary N) is 2. The van der Waals surface area contributed by atoms with E-state index in [0.717, 1.165) is 6.07 Å². The van der Waals surface area contributed by atoms with Crippen molar-refractivity contribution in [1.29, 1.82) is 0 Å². The standard InChI is InChI=1S/C9H11FN2O2/c10-7-2-1-5(8(12)4-11)3-6(7)9(13)14/h1-3,8H,4,11-12H2,(H,13,14)/t8-/m1/s1. The molecule has 0 saturated heterocycles. The normalized spacial score (nSPS) is 12.5. The summed E-state index contributed by atoms with van der Waals surface area (Å²) in [6.45, 7) is 0.185. The Hall–Kier alpha value is -1.46. The van der Waals surface area contributed by atoms with Crippen molar-refractivity contribution < 1.29 is 14.3 Å². The molecule has 0 heterocycles. The second-order valence-electron chi connectivity index (χ2n) is 2.89. The monoisotopic (exact) mass is 198 g/mol. The van der Waals surface area contributed by atoms with E-state index in [1.54, 1.807) is 0 Å². The highest BCUT2D eigenvalue weighted by Crippen LogP contribution is 2.14. The fourth-order valence-corrected chi connectivity index (χ4v) is 1.07. The zero-order valence-electron chi connectivity index (χ0n) is 7.40. The minimum atomic E-state index is -1.31. The second kappa shape index (κ2) is 4.17. The van der Waals surface area contributed by atoms with Gasteiger partial charge in [0.15, 0.2) is 0 Å². The van der Waals surface area contributed by atoms with Gasteiger partial charge in [-0.1, -0.05) is 6.07 Å². The van der Waals surface area contributed by atoms with Crippen molar-refractivity contribution in [1.82, 2.24) is 0 Å². The number of carbonyl (C=O) groups is 1. The van der Waals surface area contributed by atoms with Gasteiger partial charge in [-0.15, -0.1) is 0 Å². The molecule has 76 valence electrons. The van der Waals surface area contributed by atoms with E-state index >= 15 is 0 Å². The van der Waals surface area contributed by atoms with Crippen LogP contribution < -0.4 is 11.5 Å². The molecule has 1 aromatic carbocycles. The van der Waals surface area contributed by atoms with Crippen LogP contribution in [-0.2, 0) is 0 Å². The molecule has 5 N–H and O–H groups in total. The van der Waals surface area contributed by atoms with E-state index in [4.69, 9.17) is 16.6 Å². The van der Waals surface area contributed by atoms with E-state index in [1.807, 2.05) is 0 Å². The summed E-state index contributed by atoms with van der Waals surface area (Å²) in [4.78, 5) is 10.6. The number of halogens is 1. The summed E-state index contributed by atoms with van der Waals surface area (Å²) in [5.74, 6) is -2.08. The van der Waals surface area contributed by atoms with Crippen LogP contribution in [0.5, 0.6) is 0 Å². The molecule has 0 aliphatic heterocycles. The highest BCUT2D eigenvalue weighted by atomic mass is 19.1. The van der Waals surface area contributed by atoms with Gasteiger partial charge < -0.3 is 16.6 Å². The maximum Gasteiger partial charge on any atom is 0.338 e. The van der Waals surface area contributed by atoms with Crippen LogP contribution in [0, 0.1) is 5.82 Å². The second-order valence-corrected chi connectivity index (χ2v) is 2.89. The lowest BCUT2D eigenvalue weighted by Gasteiger charge is -2.09. The van der Waals surface area contributed by atoms with Gasteiger partial charge in [-0.25, -0.2) is 9.18 Å². The Morgan fingerprint density at radius 1 is 1.57 bits per heavy atom. The maximum atomic E-state index is 12.9. The largest absolute Gasteiger partial charge is 0.478 e. The van der Waals surface area contributed by atoms with Gasteiger partial charge >= 0.3 is 5.97 Å². The molecule has 0 aliphatic carbocycles. The van der Waals surface area contributed by atoms with E-state index in [0.29, 0.717) is 5.56 Å². The van der Waals surface area contributed by atoms with Crippen LogP contribution in [-0.4, -0.2) is 17.6 Å². The van der Waals surface area contributed by atoms with Gasteiger partial charge in [0.2, 0.25) is 0 Å². The van der Waals surface area contributed by atoms with E-state index < -0.39 is 17.8 Å². The number of hydrogen-bond acceptors (Lipinski definition) is 3. The van der Waals surface area contributed by atoms with Crippen LogP contribution in [0.3, 0.4) is 0 Å². The third kappa shape index (κ3) is 2.07. The minimum absolute atomic E-state index is 0.185. The molecule has 0 radical (unpaired) electrons. The molecule has 0 aliphatic rings. The van der Waals surface area contributed by atoms with E-state index in [9.17, 15) is 9.18 Å². The Morgan fingerprint density at radius 2 is 2.21 bits per heavy atom. The molecule has 0 fully saturated rings. The average molecular weight is 198 g/mol. The minimum Gasteiger partial charge on any atom is -0.478 e. The molecule has 1 aromatic rings. The Bertz CT molecular complexity index is 355. The average Bonchev–Trinajstić information content (AvgIpc) is 2.17. The van der Waals surface area contributed by atoms with Crippen LogP contribution in [0.2, 0.25) is 0 Å². The smallest absolute Gasteiger partial charge is 0.338 e. The molecular formula is C9H11FN2O2. The lowest BCUT2D eigenvalue weighted by Crippen LogP contribution is -2.21. The zero-order chi connectivity index (χ0) is 10.7. The van der Waals surface area contributed by atoms with E-state index in [2.05, 4.69) is 0 Å². The van der Waals surface area contributed by atoms with Crippen LogP contribution >= 0.6 is 0 Å². The summed E-state index contributed by atoms with van der Waals surface area (Å²) < 4.78 is 12.9. The Balaban J connectivity index is 3.12. The number of carboxylic acid groups (broad SMARTS) is 1. The highest BCUT2D eigenvalue weighted by molar-refractivity contribution is 5.88. The zero-order valence-corrected chi connectivity index (χ0v) is 7.40. The summed E-state index contributed by atoms with van der Waals surface area (Å²) in [5.41, 5.74) is 11.0. The van der Waals surface area contributed by atoms with Crippen molar-refractivity contribution >= 4 is 5.97 Å². The van der Waals surface area contributed by atoms with Gasteiger partial charge in [0.05, 0.1) is 5.56 Å². The van der Waals surface area contributed by atoms with Crippen molar-refractivity contribution in [3.63, 3.8) is 0 Å². The topological polar surface area (TPSA) is 89.3 Å². The summed E-state index contributed by atoms with van der Waals surface area (Å²) >= 11 is 0. The van der Waals surface area contributed by atoms with Crippen LogP contribution in [0.4, 0.5) is 4.39 Å². The lowest BCUT2D eigenvalue weighted by atomic mass is 10.0. The molecule has 5 heteroatoms. The number of carboxylic acids is 1. The van der Waals surface area contributed by atoms with E-state index in [1.165, 1.54) is 12.1 Å². The summed E-state index contributed by atoms with van der Waals surface area (Å²) in [6.07, 6.45) is 0. The van der Waals surface area contributed by atoms with Gasteiger partial charge in [-0.05, 0) is 17.7 Å². The molecule has 1 atom stereocenters. The van der Waals surface area contributed by atoms with Gasteiger partial charge in [0.1, 0.15) is 5.82 Å². The Morgan fingerprint density at radius 3 is 2.71 bits per heavy atom. The van der Waals surface area contributed by atoms with Crippen LogP contribution in [0.1, 0.15) is 22.0 Å². The van der Waals surface area contributed by atoms with Crippen LogP contribution in [0.25, 0.3) is 0 Å². The molecule has 0 bridgehead atoms.